The monoisotopic (exact) mass is 304 g/mol. The van der Waals surface area contributed by atoms with E-state index in [9.17, 15) is 9.90 Å². The Bertz CT molecular complexity index is 363. The smallest absolute Gasteiger partial charge is 0.186 e. The molecule has 2 heterocycles. The van der Waals surface area contributed by atoms with Gasteiger partial charge in [0.05, 0.1) is 12.2 Å². The van der Waals surface area contributed by atoms with E-state index in [-0.39, 0.29) is 35.5 Å². The minimum atomic E-state index is -0.822. The fraction of sp³-hybridized carbons (Fsp3) is 0.929. The maximum Gasteiger partial charge on any atom is 0.186 e. The Morgan fingerprint density at radius 1 is 1.50 bits per heavy atom. The highest BCUT2D eigenvalue weighted by molar-refractivity contribution is 8.14. The van der Waals surface area contributed by atoms with Crippen LogP contribution in [-0.2, 0) is 19.0 Å². The molecule has 2 saturated heterocycles. The van der Waals surface area contributed by atoms with Crippen molar-refractivity contribution in [2.24, 2.45) is 0 Å². The van der Waals surface area contributed by atoms with Crippen LogP contribution in [0, 0.1) is 0 Å². The van der Waals surface area contributed by atoms with Gasteiger partial charge in [0.1, 0.15) is 24.6 Å². The number of thioether (sulfide) groups is 1. The van der Waals surface area contributed by atoms with Crippen molar-refractivity contribution in [2.75, 3.05) is 6.79 Å². The molecule has 2 rings (SSSR count). The van der Waals surface area contributed by atoms with Gasteiger partial charge in [-0.1, -0.05) is 25.6 Å². The van der Waals surface area contributed by atoms with Gasteiger partial charge in [0, 0.05) is 12.2 Å². The Balaban J connectivity index is 2.09. The second kappa shape index (κ2) is 6.32. The number of ether oxygens (including phenoxy) is 3. The average Bonchev–Trinajstić information content (AvgIpc) is 3.09. The molecule has 6 unspecified atom stereocenters. The summed E-state index contributed by atoms with van der Waals surface area (Å²) in [5.41, 5.74) is -0.822. The maximum atomic E-state index is 11.3. The summed E-state index contributed by atoms with van der Waals surface area (Å²) in [6, 6.07) is 0. The third kappa shape index (κ3) is 3.04. The Morgan fingerprint density at radius 2 is 2.20 bits per heavy atom. The standard InChI is InChI=1S/C14H24O5S/c1-5-9-11(19-9)13-14(4,18-7-17-13)12(16)10(6-2)20-8(3)15/h9-13,16H,5-7H2,1-4H3. The summed E-state index contributed by atoms with van der Waals surface area (Å²) in [4.78, 5) is 11.3. The fourth-order valence-electron chi connectivity index (χ4n) is 2.86. The van der Waals surface area contributed by atoms with Crippen LogP contribution in [0.25, 0.3) is 0 Å². The molecule has 0 aliphatic carbocycles. The summed E-state index contributed by atoms with van der Waals surface area (Å²) in [7, 11) is 0. The maximum absolute atomic E-state index is 11.3. The lowest BCUT2D eigenvalue weighted by Gasteiger charge is -2.36. The van der Waals surface area contributed by atoms with Crippen LogP contribution in [0.3, 0.4) is 0 Å². The van der Waals surface area contributed by atoms with Gasteiger partial charge in [-0.15, -0.1) is 0 Å². The normalized spacial score (nSPS) is 39.5. The van der Waals surface area contributed by atoms with Crippen LogP contribution in [-0.4, -0.2) is 52.3 Å². The van der Waals surface area contributed by atoms with Crippen molar-refractivity contribution in [1.82, 2.24) is 0 Å². The van der Waals surface area contributed by atoms with E-state index in [0.29, 0.717) is 6.42 Å². The van der Waals surface area contributed by atoms with Gasteiger partial charge in [-0.3, -0.25) is 4.79 Å². The van der Waals surface area contributed by atoms with Crippen LogP contribution in [0.5, 0.6) is 0 Å². The number of carbonyl (C=O) groups is 1. The lowest BCUT2D eigenvalue weighted by molar-refractivity contribution is -0.109. The van der Waals surface area contributed by atoms with E-state index < -0.39 is 11.7 Å². The molecule has 116 valence electrons. The van der Waals surface area contributed by atoms with E-state index in [1.54, 1.807) is 0 Å². The van der Waals surface area contributed by atoms with Crippen LogP contribution in [0.4, 0.5) is 0 Å². The number of carbonyl (C=O) groups excluding carboxylic acids is 1. The Hall–Kier alpha value is -0.140. The molecule has 20 heavy (non-hydrogen) atoms. The Morgan fingerprint density at radius 3 is 2.70 bits per heavy atom. The number of epoxide rings is 1. The first-order valence-electron chi connectivity index (χ1n) is 7.20. The molecule has 0 aromatic rings. The van der Waals surface area contributed by atoms with Crippen LogP contribution < -0.4 is 0 Å². The quantitative estimate of drug-likeness (QED) is 0.754. The SMILES string of the molecule is CCC1OC1C1OCOC1(C)C(O)C(CC)SC(C)=O. The summed E-state index contributed by atoms with van der Waals surface area (Å²) in [5.74, 6) is 0. The second-order valence-corrected chi connectivity index (χ2v) is 7.00. The third-order valence-corrected chi connectivity index (χ3v) is 5.39. The molecule has 6 heteroatoms. The van der Waals surface area contributed by atoms with Gasteiger partial charge in [-0.2, -0.15) is 0 Å². The zero-order chi connectivity index (χ0) is 14.9. The minimum Gasteiger partial charge on any atom is -0.389 e. The molecule has 0 radical (unpaired) electrons. The lowest BCUT2D eigenvalue weighted by atomic mass is 9.86. The molecule has 0 amide bonds. The van der Waals surface area contributed by atoms with Crippen molar-refractivity contribution in [3.05, 3.63) is 0 Å². The van der Waals surface area contributed by atoms with Crippen molar-refractivity contribution in [1.29, 1.82) is 0 Å². The van der Waals surface area contributed by atoms with Crippen molar-refractivity contribution >= 4 is 16.9 Å². The molecular weight excluding hydrogens is 280 g/mol. The number of aliphatic hydroxyl groups is 1. The molecule has 0 aromatic carbocycles. The molecule has 0 saturated carbocycles. The molecule has 0 bridgehead atoms. The predicted molar refractivity (Wildman–Crippen MR) is 76.5 cm³/mol. The van der Waals surface area contributed by atoms with Gasteiger partial charge in [0.25, 0.3) is 0 Å². The van der Waals surface area contributed by atoms with Gasteiger partial charge in [0.15, 0.2) is 5.12 Å². The average molecular weight is 304 g/mol. The number of hydrogen-bond donors (Lipinski definition) is 1. The van der Waals surface area contributed by atoms with Crippen molar-refractivity contribution in [3.8, 4) is 0 Å². The Labute approximate surface area is 124 Å². The van der Waals surface area contributed by atoms with Gasteiger partial charge in [-0.25, -0.2) is 0 Å². The molecule has 2 aliphatic heterocycles. The van der Waals surface area contributed by atoms with E-state index >= 15 is 0 Å². The first-order chi connectivity index (χ1) is 9.43. The predicted octanol–water partition coefficient (Wildman–Crippen LogP) is 1.71. The van der Waals surface area contributed by atoms with Gasteiger partial charge < -0.3 is 19.3 Å². The first-order valence-corrected chi connectivity index (χ1v) is 8.08. The van der Waals surface area contributed by atoms with E-state index in [4.69, 9.17) is 14.2 Å². The molecule has 5 nitrogen and oxygen atoms in total. The van der Waals surface area contributed by atoms with Crippen LogP contribution in [0.15, 0.2) is 0 Å². The van der Waals surface area contributed by atoms with Crippen molar-refractivity contribution in [2.45, 2.75) is 75.8 Å². The van der Waals surface area contributed by atoms with Gasteiger partial charge in [0.2, 0.25) is 0 Å². The highest BCUT2D eigenvalue weighted by atomic mass is 32.2. The van der Waals surface area contributed by atoms with Gasteiger partial charge in [-0.05, 0) is 19.8 Å². The van der Waals surface area contributed by atoms with E-state index in [2.05, 4.69) is 6.92 Å². The molecule has 0 spiro atoms. The molecule has 2 aliphatic rings. The van der Waals surface area contributed by atoms with Crippen LogP contribution in [0.2, 0.25) is 0 Å². The summed E-state index contributed by atoms with van der Waals surface area (Å²) in [5, 5.41) is 10.5. The number of rotatable bonds is 6. The topological polar surface area (TPSA) is 68.3 Å². The largest absolute Gasteiger partial charge is 0.389 e. The van der Waals surface area contributed by atoms with Gasteiger partial charge >= 0.3 is 0 Å². The zero-order valence-electron chi connectivity index (χ0n) is 12.5. The minimum absolute atomic E-state index is 0.00377. The molecule has 0 aromatic heterocycles. The lowest BCUT2D eigenvalue weighted by Crippen LogP contribution is -2.54. The van der Waals surface area contributed by atoms with Crippen LogP contribution in [0.1, 0.15) is 40.5 Å². The molecule has 1 N–H and O–H groups in total. The molecule has 6 atom stereocenters. The summed E-state index contributed by atoms with van der Waals surface area (Å²) < 4.78 is 16.9. The van der Waals surface area contributed by atoms with Crippen LogP contribution >= 0.6 is 11.8 Å². The van der Waals surface area contributed by atoms with Crippen molar-refractivity contribution < 1.29 is 24.1 Å². The second-order valence-electron chi connectivity index (χ2n) is 5.58. The summed E-state index contributed by atoms with van der Waals surface area (Å²) in [6.45, 7) is 7.56. The molecule has 2 fully saturated rings. The van der Waals surface area contributed by atoms with Crippen molar-refractivity contribution in [3.63, 3.8) is 0 Å². The van der Waals surface area contributed by atoms with E-state index in [1.807, 2.05) is 13.8 Å². The summed E-state index contributed by atoms with van der Waals surface area (Å²) in [6.07, 6.45) is 0.756. The Kier molecular flexibility index (Phi) is 5.13. The number of aliphatic hydroxyl groups excluding tert-OH is 1. The summed E-state index contributed by atoms with van der Waals surface area (Å²) >= 11 is 1.17. The third-order valence-electron chi connectivity index (χ3n) is 4.16. The fourth-order valence-corrected chi connectivity index (χ4v) is 3.85. The molecular formula is C14H24O5S. The highest BCUT2D eigenvalue weighted by Gasteiger charge is 2.59. The zero-order valence-corrected chi connectivity index (χ0v) is 13.3. The highest BCUT2D eigenvalue weighted by Crippen LogP contribution is 2.43. The van der Waals surface area contributed by atoms with E-state index in [1.165, 1.54) is 18.7 Å². The first kappa shape index (κ1) is 16.2. The number of hydrogen-bond acceptors (Lipinski definition) is 6. The van der Waals surface area contributed by atoms with E-state index in [0.717, 1.165) is 6.42 Å².